The zero-order valence-corrected chi connectivity index (χ0v) is 9.86. The monoisotopic (exact) mass is 254 g/mol. The summed E-state index contributed by atoms with van der Waals surface area (Å²) in [6.45, 7) is 0.615. The van der Waals surface area contributed by atoms with Gasteiger partial charge < -0.3 is 5.73 Å². The molecule has 2 N–H and O–H groups in total. The van der Waals surface area contributed by atoms with Gasteiger partial charge in [0.1, 0.15) is 5.82 Å². The van der Waals surface area contributed by atoms with E-state index >= 15 is 0 Å². The van der Waals surface area contributed by atoms with E-state index in [1.165, 1.54) is 16.8 Å². The maximum absolute atomic E-state index is 12.9. The van der Waals surface area contributed by atoms with Crippen LogP contribution in [0.2, 0.25) is 5.02 Å². The predicted molar refractivity (Wildman–Crippen MR) is 63.7 cm³/mol. The Bertz CT molecular complexity index is 512. The second-order valence-corrected chi connectivity index (χ2v) is 4.05. The summed E-state index contributed by atoms with van der Waals surface area (Å²) >= 11 is 5.93. The molecule has 0 spiro atoms. The normalized spacial score (nSPS) is 10.8. The summed E-state index contributed by atoms with van der Waals surface area (Å²) in [6, 6.07) is 4.15. The van der Waals surface area contributed by atoms with Gasteiger partial charge in [0, 0.05) is 0 Å². The second-order valence-electron chi connectivity index (χ2n) is 3.64. The lowest BCUT2D eigenvalue weighted by Crippen LogP contribution is -2.00. The smallest absolute Gasteiger partial charge is 0.124 e. The number of benzene rings is 1. The van der Waals surface area contributed by atoms with Crippen LogP contribution in [0.1, 0.15) is 12.1 Å². The average Bonchev–Trinajstić information content (AvgIpc) is 2.75. The predicted octanol–water partition coefficient (Wildman–Crippen LogP) is 1.95. The maximum atomic E-state index is 12.9. The molecule has 0 unspecified atom stereocenters. The fourth-order valence-electron chi connectivity index (χ4n) is 1.48. The summed E-state index contributed by atoms with van der Waals surface area (Å²) < 4.78 is 14.4. The number of hydrogen-bond acceptors (Lipinski definition) is 3. The van der Waals surface area contributed by atoms with Gasteiger partial charge in [0.15, 0.2) is 0 Å². The molecule has 1 aromatic carbocycles. The van der Waals surface area contributed by atoms with Crippen molar-refractivity contribution in [3.63, 3.8) is 0 Å². The molecule has 0 saturated carbocycles. The van der Waals surface area contributed by atoms with E-state index in [0.29, 0.717) is 17.3 Å². The number of aryl methyl sites for hydroxylation is 1. The molecular formula is C11H12ClFN4. The summed E-state index contributed by atoms with van der Waals surface area (Å²) in [5.74, 6) is -0.373. The third-order valence-corrected chi connectivity index (χ3v) is 2.64. The minimum absolute atomic E-state index is 0.306. The Balaban J connectivity index is 2.24. The first-order chi connectivity index (χ1) is 8.20. The van der Waals surface area contributed by atoms with Crippen LogP contribution >= 0.6 is 11.6 Å². The van der Waals surface area contributed by atoms with Crippen LogP contribution in [0, 0.1) is 5.82 Å². The van der Waals surface area contributed by atoms with Crippen LogP contribution in [0.15, 0.2) is 24.4 Å². The standard InChI is InChI=1S/C11H12ClFN4/c12-10-6-8(13)3-4-11(10)17-7-9(15-16-17)2-1-5-14/h3-4,6-7H,1-2,5,14H2. The van der Waals surface area contributed by atoms with Gasteiger partial charge in [-0.25, -0.2) is 9.07 Å². The minimum atomic E-state index is -0.373. The molecule has 0 amide bonds. The van der Waals surface area contributed by atoms with Gasteiger partial charge in [-0.1, -0.05) is 16.8 Å². The third-order valence-electron chi connectivity index (χ3n) is 2.33. The lowest BCUT2D eigenvalue weighted by molar-refractivity contribution is 0.627. The fraction of sp³-hybridized carbons (Fsp3) is 0.273. The zero-order chi connectivity index (χ0) is 12.3. The number of nitrogens with two attached hydrogens (primary N) is 1. The molecule has 2 aromatic rings. The summed E-state index contributed by atoms with van der Waals surface area (Å²) in [4.78, 5) is 0. The summed E-state index contributed by atoms with van der Waals surface area (Å²) in [6.07, 6.45) is 3.40. The van der Waals surface area contributed by atoms with Gasteiger partial charge in [-0.05, 0) is 37.6 Å². The van der Waals surface area contributed by atoms with E-state index < -0.39 is 0 Å². The fourth-order valence-corrected chi connectivity index (χ4v) is 1.73. The van der Waals surface area contributed by atoms with Crippen LogP contribution in [0.25, 0.3) is 5.69 Å². The van der Waals surface area contributed by atoms with E-state index in [-0.39, 0.29) is 5.82 Å². The summed E-state index contributed by atoms with van der Waals surface area (Å²) in [5, 5.41) is 8.25. The molecule has 0 saturated heterocycles. The Kier molecular flexibility index (Phi) is 3.71. The molecule has 4 nitrogen and oxygen atoms in total. The van der Waals surface area contributed by atoms with Crippen LogP contribution in [0.3, 0.4) is 0 Å². The van der Waals surface area contributed by atoms with Crippen LogP contribution < -0.4 is 5.73 Å². The first-order valence-electron chi connectivity index (χ1n) is 5.27. The van der Waals surface area contributed by atoms with E-state index in [9.17, 15) is 4.39 Å². The van der Waals surface area contributed by atoms with Crippen molar-refractivity contribution in [2.75, 3.05) is 6.54 Å². The molecule has 0 fully saturated rings. The molecule has 2 rings (SSSR count). The summed E-state index contributed by atoms with van der Waals surface area (Å²) in [5.41, 5.74) is 6.87. The largest absolute Gasteiger partial charge is 0.330 e. The third kappa shape index (κ3) is 2.81. The molecule has 0 radical (unpaired) electrons. The highest BCUT2D eigenvalue weighted by atomic mass is 35.5. The van der Waals surface area contributed by atoms with Crippen molar-refractivity contribution in [3.8, 4) is 5.69 Å². The number of aromatic nitrogens is 3. The molecule has 17 heavy (non-hydrogen) atoms. The molecule has 6 heteroatoms. The first-order valence-corrected chi connectivity index (χ1v) is 5.65. The minimum Gasteiger partial charge on any atom is -0.330 e. The number of halogens is 2. The zero-order valence-electron chi connectivity index (χ0n) is 9.11. The van der Waals surface area contributed by atoms with Crippen LogP contribution in [0.4, 0.5) is 4.39 Å². The highest BCUT2D eigenvalue weighted by Crippen LogP contribution is 2.20. The van der Waals surface area contributed by atoms with Gasteiger partial charge in [0.2, 0.25) is 0 Å². The van der Waals surface area contributed by atoms with Crippen molar-refractivity contribution in [2.45, 2.75) is 12.8 Å². The first kappa shape index (κ1) is 12.0. The van der Waals surface area contributed by atoms with Crippen molar-refractivity contribution < 1.29 is 4.39 Å². The molecule has 1 aromatic heterocycles. The number of hydrogen-bond donors (Lipinski definition) is 1. The summed E-state index contributed by atoms with van der Waals surface area (Å²) in [7, 11) is 0. The molecule has 0 aliphatic heterocycles. The topological polar surface area (TPSA) is 56.7 Å². The molecule has 1 heterocycles. The van der Waals surface area contributed by atoms with E-state index in [2.05, 4.69) is 10.3 Å². The highest BCUT2D eigenvalue weighted by molar-refractivity contribution is 6.32. The Morgan fingerprint density at radius 1 is 1.41 bits per heavy atom. The Hall–Kier alpha value is -1.46. The average molecular weight is 255 g/mol. The van der Waals surface area contributed by atoms with E-state index in [1.807, 2.05) is 0 Å². The van der Waals surface area contributed by atoms with Crippen molar-refractivity contribution in [2.24, 2.45) is 5.73 Å². The molecule has 0 bridgehead atoms. The van der Waals surface area contributed by atoms with Gasteiger partial charge in [-0.2, -0.15) is 0 Å². The van der Waals surface area contributed by atoms with E-state index in [0.717, 1.165) is 18.5 Å². The van der Waals surface area contributed by atoms with Crippen molar-refractivity contribution in [3.05, 3.63) is 40.9 Å². The molecular weight excluding hydrogens is 243 g/mol. The van der Waals surface area contributed by atoms with Crippen LogP contribution in [-0.4, -0.2) is 21.5 Å². The molecule has 90 valence electrons. The highest BCUT2D eigenvalue weighted by Gasteiger charge is 2.07. The van der Waals surface area contributed by atoms with E-state index in [4.69, 9.17) is 17.3 Å². The van der Waals surface area contributed by atoms with Crippen LogP contribution in [0.5, 0.6) is 0 Å². The Morgan fingerprint density at radius 2 is 2.24 bits per heavy atom. The second kappa shape index (κ2) is 5.25. The molecule has 0 atom stereocenters. The lowest BCUT2D eigenvalue weighted by atomic mass is 10.2. The van der Waals surface area contributed by atoms with Gasteiger partial charge in [-0.15, -0.1) is 5.10 Å². The van der Waals surface area contributed by atoms with Gasteiger partial charge >= 0.3 is 0 Å². The molecule has 0 aliphatic rings. The quantitative estimate of drug-likeness (QED) is 0.907. The van der Waals surface area contributed by atoms with Gasteiger partial charge in [0.05, 0.1) is 22.6 Å². The number of nitrogens with zero attached hydrogens (tertiary/aromatic N) is 3. The van der Waals surface area contributed by atoms with Crippen molar-refractivity contribution in [1.82, 2.24) is 15.0 Å². The number of rotatable bonds is 4. The maximum Gasteiger partial charge on any atom is 0.124 e. The van der Waals surface area contributed by atoms with Gasteiger partial charge in [0.25, 0.3) is 0 Å². The van der Waals surface area contributed by atoms with Crippen LogP contribution in [-0.2, 0) is 6.42 Å². The molecule has 0 aliphatic carbocycles. The van der Waals surface area contributed by atoms with Crippen molar-refractivity contribution in [1.29, 1.82) is 0 Å². The van der Waals surface area contributed by atoms with E-state index in [1.54, 1.807) is 12.3 Å². The Labute approximate surface area is 103 Å². The van der Waals surface area contributed by atoms with Gasteiger partial charge in [-0.3, -0.25) is 0 Å². The van der Waals surface area contributed by atoms with Crippen molar-refractivity contribution >= 4 is 11.6 Å². The SMILES string of the molecule is NCCCc1cn(-c2ccc(F)cc2Cl)nn1. The lowest BCUT2D eigenvalue weighted by Gasteiger charge is -2.02. The Morgan fingerprint density at radius 3 is 2.94 bits per heavy atom.